The minimum absolute atomic E-state index is 0.0835. The fourth-order valence-corrected chi connectivity index (χ4v) is 5.39. The summed E-state index contributed by atoms with van der Waals surface area (Å²) >= 11 is 6.73. The van der Waals surface area contributed by atoms with Crippen LogP contribution in [-0.2, 0) is 14.3 Å². The number of ether oxygens (including phenoxy) is 2. The molecule has 1 fully saturated rings. The number of carbonyl (C=O) groups excluding carboxylic acids is 3. The Morgan fingerprint density at radius 3 is 2.38 bits per heavy atom. The van der Waals surface area contributed by atoms with Crippen molar-refractivity contribution in [3.63, 3.8) is 0 Å². The van der Waals surface area contributed by atoms with Gasteiger partial charge in [-0.2, -0.15) is 0 Å². The number of thioether (sulfide) groups is 1. The van der Waals surface area contributed by atoms with Crippen LogP contribution >= 0.6 is 24.0 Å². The van der Waals surface area contributed by atoms with E-state index in [-0.39, 0.29) is 17.8 Å². The first-order valence-corrected chi connectivity index (χ1v) is 14.8. The number of thiocarbonyl (C=S) groups is 1. The number of esters is 1. The topological polar surface area (TPSA) is 88.2 Å². The van der Waals surface area contributed by atoms with E-state index in [9.17, 15) is 14.4 Å². The van der Waals surface area contributed by atoms with Crippen LogP contribution in [0.4, 0.5) is 5.69 Å². The average molecular weight is 584 g/mol. The van der Waals surface area contributed by atoms with Crippen LogP contribution in [0.15, 0.2) is 53.4 Å². The molecular weight excluding hydrogens is 546 g/mol. The number of rotatable bonds is 15. The monoisotopic (exact) mass is 583 g/mol. The molecule has 214 valence electrons. The van der Waals surface area contributed by atoms with Crippen LogP contribution in [0, 0.1) is 0 Å². The lowest BCUT2D eigenvalue weighted by molar-refractivity contribution is -0.122. The van der Waals surface area contributed by atoms with Gasteiger partial charge < -0.3 is 19.7 Å². The summed E-state index contributed by atoms with van der Waals surface area (Å²) in [6.07, 6.45) is 4.44. The fourth-order valence-electron chi connectivity index (χ4n) is 4.08. The highest BCUT2D eigenvalue weighted by Gasteiger charge is 2.31. The first-order valence-electron chi connectivity index (χ1n) is 13.5. The van der Waals surface area contributed by atoms with Crippen LogP contribution in [0.2, 0.25) is 0 Å². The van der Waals surface area contributed by atoms with Crippen molar-refractivity contribution in [2.75, 3.05) is 45.2 Å². The van der Waals surface area contributed by atoms with Crippen LogP contribution < -0.4 is 10.1 Å². The first kappa shape index (κ1) is 31.3. The van der Waals surface area contributed by atoms with Gasteiger partial charge in [-0.15, -0.1) is 0 Å². The van der Waals surface area contributed by atoms with Crippen LogP contribution in [0.3, 0.4) is 0 Å². The number of anilines is 1. The Hall–Kier alpha value is -3.21. The molecule has 10 heteroatoms. The van der Waals surface area contributed by atoms with Crippen molar-refractivity contribution in [2.45, 2.75) is 39.5 Å². The van der Waals surface area contributed by atoms with Crippen molar-refractivity contribution >= 4 is 57.8 Å². The summed E-state index contributed by atoms with van der Waals surface area (Å²) in [5, 5.41) is 2.86. The maximum absolute atomic E-state index is 12.8. The van der Waals surface area contributed by atoms with Gasteiger partial charge in [0.25, 0.3) is 5.91 Å². The Labute approximate surface area is 246 Å². The molecule has 0 spiro atoms. The first-order chi connectivity index (χ1) is 19.3. The molecule has 2 aromatic carbocycles. The van der Waals surface area contributed by atoms with Crippen molar-refractivity contribution in [3.8, 4) is 5.75 Å². The Bertz CT molecular complexity index is 1190. The number of methoxy groups -OCH3 is 1. The summed E-state index contributed by atoms with van der Waals surface area (Å²) in [4.78, 5) is 41.8. The molecule has 0 aliphatic carbocycles. The Morgan fingerprint density at radius 1 is 1.02 bits per heavy atom. The predicted octanol–water partition coefficient (Wildman–Crippen LogP) is 5.59. The number of nitrogens with zero attached hydrogens (tertiary/aromatic N) is 2. The summed E-state index contributed by atoms with van der Waals surface area (Å²) < 4.78 is 11.1. The number of benzene rings is 2. The van der Waals surface area contributed by atoms with E-state index < -0.39 is 0 Å². The van der Waals surface area contributed by atoms with Gasteiger partial charge in [-0.25, -0.2) is 4.79 Å². The summed E-state index contributed by atoms with van der Waals surface area (Å²) in [6, 6.07) is 14.2. The number of hydrogen-bond donors (Lipinski definition) is 1. The van der Waals surface area contributed by atoms with E-state index in [1.54, 1.807) is 36.3 Å². The van der Waals surface area contributed by atoms with Crippen LogP contribution in [0.1, 0.15) is 55.5 Å². The smallest absolute Gasteiger partial charge is 0.338 e. The van der Waals surface area contributed by atoms with Gasteiger partial charge in [0, 0.05) is 25.2 Å². The molecule has 0 radical (unpaired) electrons. The molecule has 1 saturated heterocycles. The molecule has 1 N–H and O–H groups in total. The second kappa shape index (κ2) is 16.2. The molecule has 1 aliphatic rings. The lowest BCUT2D eigenvalue weighted by Crippen LogP contribution is -2.29. The molecule has 2 aromatic rings. The molecule has 0 saturated carbocycles. The maximum atomic E-state index is 12.8. The molecule has 1 aliphatic heterocycles. The summed E-state index contributed by atoms with van der Waals surface area (Å²) in [5.41, 5.74) is 1.99. The molecule has 0 bridgehead atoms. The average Bonchev–Trinajstić information content (AvgIpc) is 3.23. The van der Waals surface area contributed by atoms with E-state index in [1.165, 1.54) is 11.8 Å². The minimum Gasteiger partial charge on any atom is -0.497 e. The van der Waals surface area contributed by atoms with Crippen LogP contribution in [-0.4, -0.2) is 71.8 Å². The van der Waals surface area contributed by atoms with E-state index in [0.29, 0.717) is 53.0 Å². The van der Waals surface area contributed by atoms with Gasteiger partial charge in [0.05, 0.1) is 17.6 Å². The molecule has 1 heterocycles. The normalized spacial score (nSPS) is 14.2. The Kier molecular flexibility index (Phi) is 12.6. The standard InChI is InChI=1S/C30H37N3O5S2/c1-4-32(5-2)19-20-38-29(36)23-12-14-24(15-13-23)31-27(34)9-7-6-8-18-33-28(35)26(40-30(33)39)21-22-10-16-25(37-3)17-11-22/h10-17,21H,4-9,18-20H2,1-3H3,(H,31,34)/b26-21+. The maximum Gasteiger partial charge on any atom is 0.338 e. The van der Waals surface area contributed by atoms with Gasteiger partial charge in [0.15, 0.2) is 0 Å². The van der Waals surface area contributed by atoms with Gasteiger partial charge >= 0.3 is 5.97 Å². The third kappa shape index (κ3) is 9.46. The van der Waals surface area contributed by atoms with Gasteiger partial charge in [0.1, 0.15) is 16.7 Å². The van der Waals surface area contributed by atoms with E-state index in [0.717, 1.165) is 37.2 Å². The van der Waals surface area contributed by atoms with Gasteiger partial charge in [-0.3, -0.25) is 14.5 Å². The molecule has 8 nitrogen and oxygen atoms in total. The van der Waals surface area contributed by atoms with Gasteiger partial charge in [0.2, 0.25) is 5.91 Å². The summed E-state index contributed by atoms with van der Waals surface area (Å²) in [6.45, 7) is 7.55. The molecule has 0 unspecified atom stereocenters. The van der Waals surface area contributed by atoms with Gasteiger partial charge in [-0.05, 0) is 74.0 Å². The highest BCUT2D eigenvalue weighted by atomic mass is 32.2. The Morgan fingerprint density at radius 2 is 1.73 bits per heavy atom. The van der Waals surface area contributed by atoms with E-state index in [2.05, 4.69) is 24.1 Å². The van der Waals surface area contributed by atoms with E-state index in [1.807, 2.05) is 30.3 Å². The molecule has 40 heavy (non-hydrogen) atoms. The predicted molar refractivity (Wildman–Crippen MR) is 164 cm³/mol. The number of nitrogens with one attached hydrogen (secondary N) is 1. The summed E-state index contributed by atoms with van der Waals surface area (Å²) in [7, 11) is 1.61. The second-order valence-electron chi connectivity index (χ2n) is 9.21. The highest BCUT2D eigenvalue weighted by molar-refractivity contribution is 8.26. The molecule has 0 atom stereocenters. The highest BCUT2D eigenvalue weighted by Crippen LogP contribution is 2.33. The largest absolute Gasteiger partial charge is 0.497 e. The Balaban J connectivity index is 1.35. The molecule has 2 amide bonds. The second-order valence-corrected chi connectivity index (χ2v) is 10.9. The number of likely N-dealkylation sites (N-methyl/N-ethyl adjacent to an activating group) is 1. The fraction of sp³-hybridized carbons (Fsp3) is 0.400. The molecule has 3 rings (SSSR count). The van der Waals surface area contributed by atoms with Crippen molar-refractivity contribution in [1.82, 2.24) is 9.80 Å². The number of amides is 2. The third-order valence-electron chi connectivity index (χ3n) is 6.51. The molecule has 0 aromatic heterocycles. The van der Waals surface area contributed by atoms with Crippen molar-refractivity contribution < 1.29 is 23.9 Å². The minimum atomic E-state index is -0.372. The quantitative estimate of drug-likeness (QED) is 0.126. The van der Waals surface area contributed by atoms with Gasteiger partial charge in [-0.1, -0.05) is 56.4 Å². The van der Waals surface area contributed by atoms with Crippen LogP contribution in [0.25, 0.3) is 6.08 Å². The zero-order valence-corrected chi connectivity index (χ0v) is 24.9. The number of unbranched alkanes of at least 4 members (excludes halogenated alkanes) is 2. The third-order valence-corrected chi connectivity index (χ3v) is 7.89. The lowest BCUT2D eigenvalue weighted by atomic mass is 10.1. The molecular formula is C30H37N3O5S2. The summed E-state index contributed by atoms with van der Waals surface area (Å²) in [5.74, 6) is 0.209. The zero-order chi connectivity index (χ0) is 28.9. The van der Waals surface area contributed by atoms with Crippen molar-refractivity contribution in [1.29, 1.82) is 0 Å². The zero-order valence-electron chi connectivity index (χ0n) is 23.3. The number of hydrogen-bond acceptors (Lipinski definition) is 8. The van der Waals surface area contributed by atoms with E-state index in [4.69, 9.17) is 21.7 Å². The number of carbonyl (C=O) groups is 3. The van der Waals surface area contributed by atoms with E-state index >= 15 is 0 Å². The van der Waals surface area contributed by atoms with Crippen molar-refractivity contribution in [3.05, 3.63) is 64.6 Å². The lowest BCUT2D eigenvalue weighted by Gasteiger charge is -2.17. The SMILES string of the molecule is CCN(CC)CCOC(=O)c1ccc(NC(=O)CCCCCN2C(=O)/C(=C\c3ccc(OC)cc3)SC2=S)cc1. The van der Waals surface area contributed by atoms with Crippen LogP contribution in [0.5, 0.6) is 5.75 Å². The van der Waals surface area contributed by atoms with Crippen molar-refractivity contribution in [2.24, 2.45) is 0 Å².